The number of aldehydes is 1. The normalized spacial score (nSPS) is 9.00. The van der Waals surface area contributed by atoms with Crippen LogP contribution >= 0.6 is 0 Å². The highest BCUT2D eigenvalue weighted by molar-refractivity contribution is 5.75. The summed E-state index contributed by atoms with van der Waals surface area (Å²) in [6.07, 6.45) is 0.777. The Labute approximate surface area is 69.9 Å². The Balaban J connectivity index is 2.92. The molecule has 1 aromatic carbocycles. The fourth-order valence-electron chi connectivity index (χ4n) is 0.812. The highest BCUT2D eigenvalue weighted by atomic mass is 16.1. The van der Waals surface area contributed by atoms with E-state index in [1.807, 2.05) is 0 Å². The van der Waals surface area contributed by atoms with Crippen LogP contribution in [0, 0.1) is 0 Å². The predicted octanol–water partition coefficient (Wildman–Crippen LogP) is -1.52. The number of hydrogen-bond acceptors (Lipinski definition) is 1. The lowest BCUT2D eigenvalue weighted by Gasteiger charge is -1.91. The first-order valence-corrected chi connectivity index (χ1v) is 3.42. The second kappa shape index (κ2) is 3.52. The predicted molar refractivity (Wildman–Crippen MR) is 45.8 cm³/mol. The summed E-state index contributed by atoms with van der Waals surface area (Å²) in [5.74, 6) is 0.133. The summed E-state index contributed by atoms with van der Waals surface area (Å²) in [6.45, 7) is 0. The Morgan fingerprint density at radius 1 is 1.25 bits per heavy atom. The van der Waals surface area contributed by atoms with Gasteiger partial charge in [0.15, 0.2) is 0 Å². The number of carbonyl (C=O) groups is 1. The maximum Gasteiger partial charge on any atom is 0.343 e. The molecule has 0 aliphatic rings. The van der Waals surface area contributed by atoms with Gasteiger partial charge in [-0.05, 0) is 24.3 Å². The van der Waals surface area contributed by atoms with Gasteiger partial charge in [0.2, 0.25) is 0 Å². The smallest absolute Gasteiger partial charge is 0.298 e. The molecule has 1 rings (SSSR count). The van der Waals surface area contributed by atoms with Gasteiger partial charge in [0.1, 0.15) is 6.29 Å². The van der Waals surface area contributed by atoms with Gasteiger partial charge in [-0.25, -0.2) is 4.99 Å². The quantitative estimate of drug-likeness (QED) is 0.282. The molecule has 0 bridgehead atoms. The third-order valence-electron chi connectivity index (χ3n) is 1.34. The average molecular weight is 164 g/mol. The van der Waals surface area contributed by atoms with Crippen LogP contribution in [0.15, 0.2) is 24.3 Å². The fourth-order valence-corrected chi connectivity index (χ4v) is 0.812. The summed E-state index contributed by atoms with van der Waals surface area (Å²) in [6, 6.07) is 6.81. The first-order valence-electron chi connectivity index (χ1n) is 3.42. The van der Waals surface area contributed by atoms with Crippen molar-refractivity contribution in [2.75, 3.05) is 0 Å². The minimum atomic E-state index is 0.133. The molecule has 0 aromatic heterocycles. The Hall–Kier alpha value is -1.84. The van der Waals surface area contributed by atoms with Crippen molar-refractivity contribution in [3.05, 3.63) is 29.8 Å². The van der Waals surface area contributed by atoms with Crippen molar-refractivity contribution in [1.82, 2.24) is 0 Å². The molecule has 0 atom stereocenters. The van der Waals surface area contributed by atoms with E-state index < -0.39 is 0 Å². The van der Waals surface area contributed by atoms with Gasteiger partial charge in [-0.3, -0.25) is 16.3 Å². The van der Waals surface area contributed by atoms with Gasteiger partial charge in [0.25, 0.3) is 0 Å². The van der Waals surface area contributed by atoms with Crippen LogP contribution in [-0.4, -0.2) is 12.2 Å². The molecule has 0 aliphatic carbocycles. The zero-order chi connectivity index (χ0) is 8.97. The molecule has 4 nitrogen and oxygen atoms in total. The molecule has 4 heteroatoms. The molecule has 0 fully saturated rings. The van der Waals surface area contributed by atoms with Crippen LogP contribution in [0.2, 0.25) is 0 Å². The number of hydrogen-bond donors (Lipinski definition) is 3. The molecule has 62 valence electrons. The first-order chi connectivity index (χ1) is 5.72. The molecule has 0 aliphatic heterocycles. The third kappa shape index (κ3) is 2.09. The van der Waals surface area contributed by atoms with E-state index in [2.05, 4.69) is 4.99 Å². The summed E-state index contributed by atoms with van der Waals surface area (Å²) >= 11 is 0. The zero-order valence-corrected chi connectivity index (χ0v) is 6.45. The van der Waals surface area contributed by atoms with Gasteiger partial charge in [0, 0.05) is 5.56 Å². The Morgan fingerprint density at radius 2 is 1.83 bits per heavy atom. The number of guanidine groups is 1. The van der Waals surface area contributed by atoms with Crippen LogP contribution in [0.1, 0.15) is 10.4 Å². The Bertz CT molecular complexity index is 299. The summed E-state index contributed by atoms with van der Waals surface area (Å²) in [5.41, 5.74) is 11.8. The van der Waals surface area contributed by atoms with E-state index in [9.17, 15) is 4.79 Å². The van der Waals surface area contributed by atoms with Gasteiger partial charge in [-0.1, -0.05) is 0 Å². The van der Waals surface area contributed by atoms with Gasteiger partial charge < -0.3 is 0 Å². The number of nitrogens with one attached hydrogen (secondary N) is 1. The van der Waals surface area contributed by atoms with Gasteiger partial charge >= 0.3 is 5.96 Å². The van der Waals surface area contributed by atoms with Crippen molar-refractivity contribution in [2.45, 2.75) is 0 Å². The number of benzene rings is 1. The minimum Gasteiger partial charge on any atom is -0.298 e. The Kier molecular flexibility index (Phi) is 2.42. The monoisotopic (exact) mass is 164 g/mol. The van der Waals surface area contributed by atoms with Crippen molar-refractivity contribution in [3.63, 3.8) is 0 Å². The largest absolute Gasteiger partial charge is 0.343 e. The van der Waals surface area contributed by atoms with Crippen molar-refractivity contribution in [2.24, 2.45) is 11.5 Å². The first kappa shape index (κ1) is 8.26. The molecule has 0 radical (unpaired) electrons. The lowest BCUT2D eigenvalue weighted by atomic mass is 10.2. The van der Waals surface area contributed by atoms with Crippen molar-refractivity contribution >= 4 is 17.9 Å². The van der Waals surface area contributed by atoms with Crippen LogP contribution in [0.4, 0.5) is 5.69 Å². The molecule has 0 saturated carbocycles. The van der Waals surface area contributed by atoms with E-state index >= 15 is 0 Å². The molecule has 12 heavy (non-hydrogen) atoms. The SMILES string of the molecule is NC(N)=[NH+]c1ccc(C=O)cc1. The molecule has 0 heterocycles. The van der Waals surface area contributed by atoms with E-state index in [-0.39, 0.29) is 5.96 Å². The highest BCUT2D eigenvalue weighted by Gasteiger charge is 1.92. The standard InChI is InChI=1S/C8H9N3O/c9-8(10)11-7-3-1-6(5-12)2-4-7/h1-5H,(H4,9,10,11)/p+1. The molecule has 0 unspecified atom stereocenters. The van der Waals surface area contributed by atoms with Crippen LogP contribution in [0.5, 0.6) is 0 Å². The van der Waals surface area contributed by atoms with Gasteiger partial charge in [-0.15, -0.1) is 0 Å². The summed E-state index contributed by atoms with van der Waals surface area (Å²) in [5, 5.41) is 0. The second-order valence-corrected chi connectivity index (χ2v) is 2.32. The van der Waals surface area contributed by atoms with Gasteiger partial charge in [-0.2, -0.15) is 0 Å². The summed E-state index contributed by atoms with van der Waals surface area (Å²) in [7, 11) is 0. The minimum absolute atomic E-state index is 0.133. The van der Waals surface area contributed by atoms with Gasteiger partial charge in [0.05, 0.1) is 5.69 Å². The summed E-state index contributed by atoms with van der Waals surface area (Å²) in [4.78, 5) is 13.0. The molecule has 1 aromatic rings. The van der Waals surface area contributed by atoms with E-state index in [0.717, 1.165) is 12.0 Å². The van der Waals surface area contributed by atoms with E-state index in [1.54, 1.807) is 24.3 Å². The molecule has 0 amide bonds. The number of carbonyl (C=O) groups excluding carboxylic acids is 1. The van der Waals surface area contributed by atoms with Crippen LogP contribution < -0.4 is 16.5 Å². The van der Waals surface area contributed by atoms with E-state index in [1.165, 1.54) is 0 Å². The van der Waals surface area contributed by atoms with Crippen molar-refractivity contribution in [1.29, 1.82) is 0 Å². The van der Waals surface area contributed by atoms with Crippen LogP contribution in [0.25, 0.3) is 0 Å². The van der Waals surface area contributed by atoms with Crippen LogP contribution in [0.3, 0.4) is 0 Å². The Morgan fingerprint density at radius 3 is 2.25 bits per heavy atom. The van der Waals surface area contributed by atoms with E-state index in [0.29, 0.717) is 5.56 Å². The molecule has 5 N–H and O–H groups in total. The molecule has 0 saturated heterocycles. The lowest BCUT2D eigenvalue weighted by molar-refractivity contribution is -0.356. The molecular formula is C8H10N3O+. The summed E-state index contributed by atoms with van der Waals surface area (Å²) < 4.78 is 0. The third-order valence-corrected chi connectivity index (χ3v) is 1.34. The van der Waals surface area contributed by atoms with Crippen molar-refractivity contribution < 1.29 is 9.79 Å². The van der Waals surface area contributed by atoms with Crippen molar-refractivity contribution in [3.8, 4) is 0 Å². The molecule has 0 spiro atoms. The number of nitrogens with two attached hydrogens (primary N) is 2. The maximum atomic E-state index is 10.3. The number of rotatable bonds is 2. The van der Waals surface area contributed by atoms with Crippen LogP contribution in [-0.2, 0) is 0 Å². The molecular weight excluding hydrogens is 154 g/mol. The maximum absolute atomic E-state index is 10.3. The zero-order valence-electron chi connectivity index (χ0n) is 6.45. The lowest BCUT2D eigenvalue weighted by Crippen LogP contribution is -2.72. The average Bonchev–Trinajstić information content (AvgIpc) is 2.05. The fraction of sp³-hybridized carbons (Fsp3) is 0. The van der Waals surface area contributed by atoms with E-state index in [4.69, 9.17) is 11.5 Å². The topological polar surface area (TPSA) is 83.1 Å². The second-order valence-electron chi connectivity index (χ2n) is 2.32. The highest BCUT2D eigenvalue weighted by Crippen LogP contribution is 2.00.